The highest BCUT2D eigenvalue weighted by Gasteiger charge is 1.97. The highest BCUT2D eigenvalue weighted by Crippen LogP contribution is 2.11. The van der Waals surface area contributed by atoms with Crippen LogP contribution in [-0.4, -0.2) is 26.3 Å². The molecule has 1 heterocycles. The molecule has 19 heavy (non-hydrogen) atoms. The van der Waals surface area contributed by atoms with Gasteiger partial charge in [0, 0.05) is 12.8 Å². The van der Waals surface area contributed by atoms with Crippen molar-refractivity contribution in [1.29, 1.82) is 0 Å². The standard InChI is InChI=1S/C14H25N3O2/c18-14(19)11-9-7-5-3-1-2-4-6-8-10-13-15-12-16-17-13/h12H,1-11H2,(H,18,19)(H,15,16,17). The van der Waals surface area contributed by atoms with Crippen LogP contribution < -0.4 is 0 Å². The number of nitrogens with zero attached hydrogens (tertiary/aromatic N) is 2. The summed E-state index contributed by atoms with van der Waals surface area (Å²) in [5.74, 6) is 0.310. The minimum atomic E-state index is -0.674. The van der Waals surface area contributed by atoms with E-state index in [0.29, 0.717) is 6.42 Å². The van der Waals surface area contributed by atoms with E-state index in [0.717, 1.165) is 25.1 Å². The zero-order valence-corrected chi connectivity index (χ0v) is 11.6. The van der Waals surface area contributed by atoms with Crippen molar-refractivity contribution in [2.75, 3.05) is 0 Å². The van der Waals surface area contributed by atoms with Crippen LogP contribution in [0.5, 0.6) is 0 Å². The number of hydrogen-bond donors (Lipinski definition) is 2. The van der Waals surface area contributed by atoms with Crippen molar-refractivity contribution in [2.45, 2.75) is 70.6 Å². The van der Waals surface area contributed by atoms with E-state index in [1.807, 2.05) is 0 Å². The number of hydrogen-bond acceptors (Lipinski definition) is 3. The lowest BCUT2D eigenvalue weighted by Crippen LogP contribution is -1.93. The molecule has 0 atom stereocenters. The third-order valence-electron chi connectivity index (χ3n) is 3.27. The Morgan fingerprint density at radius 2 is 1.58 bits per heavy atom. The molecule has 1 aromatic heterocycles. The summed E-state index contributed by atoms with van der Waals surface area (Å²) in [5, 5.41) is 15.2. The van der Waals surface area contributed by atoms with E-state index in [9.17, 15) is 4.79 Å². The minimum absolute atomic E-state index is 0.321. The van der Waals surface area contributed by atoms with Crippen LogP contribution in [0.4, 0.5) is 0 Å². The number of carboxylic acid groups (broad SMARTS) is 1. The highest BCUT2D eigenvalue weighted by molar-refractivity contribution is 5.66. The van der Waals surface area contributed by atoms with E-state index in [1.165, 1.54) is 44.9 Å². The fourth-order valence-electron chi connectivity index (χ4n) is 2.16. The molecule has 0 amide bonds. The summed E-state index contributed by atoms with van der Waals surface area (Å²) >= 11 is 0. The largest absolute Gasteiger partial charge is 0.481 e. The molecule has 5 nitrogen and oxygen atoms in total. The second kappa shape index (κ2) is 10.5. The van der Waals surface area contributed by atoms with Crippen molar-refractivity contribution in [3.05, 3.63) is 12.2 Å². The first kappa shape index (κ1) is 15.7. The Labute approximate surface area is 114 Å². The van der Waals surface area contributed by atoms with Crippen molar-refractivity contribution in [2.24, 2.45) is 0 Å². The van der Waals surface area contributed by atoms with Crippen LogP contribution in [0, 0.1) is 0 Å². The van der Waals surface area contributed by atoms with Crippen LogP contribution in [-0.2, 0) is 11.2 Å². The number of aromatic amines is 1. The molecule has 0 unspecified atom stereocenters. The summed E-state index contributed by atoms with van der Waals surface area (Å²) in [6, 6.07) is 0. The maximum Gasteiger partial charge on any atom is 0.303 e. The number of carboxylic acids is 1. The number of H-pyrrole nitrogens is 1. The molecule has 0 aliphatic carbocycles. The van der Waals surface area contributed by atoms with Gasteiger partial charge in [0.05, 0.1) is 0 Å². The first-order chi connectivity index (χ1) is 9.29. The fourth-order valence-corrected chi connectivity index (χ4v) is 2.16. The summed E-state index contributed by atoms with van der Waals surface area (Å²) in [6.07, 6.45) is 13.4. The Hall–Kier alpha value is -1.39. The average molecular weight is 267 g/mol. The Balaban J connectivity index is 1.75. The van der Waals surface area contributed by atoms with Crippen LogP contribution in [0.3, 0.4) is 0 Å². The van der Waals surface area contributed by atoms with Crippen molar-refractivity contribution in [1.82, 2.24) is 15.2 Å². The topological polar surface area (TPSA) is 78.9 Å². The van der Waals surface area contributed by atoms with Gasteiger partial charge in [-0.3, -0.25) is 9.89 Å². The normalized spacial score (nSPS) is 10.7. The van der Waals surface area contributed by atoms with Gasteiger partial charge in [-0.05, 0) is 12.8 Å². The SMILES string of the molecule is O=C(O)CCCCCCCCCCCc1ncn[nH]1. The molecular formula is C14H25N3O2. The van der Waals surface area contributed by atoms with E-state index in [2.05, 4.69) is 15.2 Å². The first-order valence-electron chi connectivity index (χ1n) is 7.35. The molecule has 0 fully saturated rings. The molecular weight excluding hydrogens is 242 g/mol. The van der Waals surface area contributed by atoms with Crippen LogP contribution in [0.25, 0.3) is 0 Å². The third kappa shape index (κ3) is 9.22. The third-order valence-corrected chi connectivity index (χ3v) is 3.27. The molecule has 0 aliphatic heterocycles. The molecule has 0 radical (unpaired) electrons. The van der Waals surface area contributed by atoms with Gasteiger partial charge >= 0.3 is 5.97 Å². The van der Waals surface area contributed by atoms with Gasteiger partial charge in [-0.25, -0.2) is 4.98 Å². The van der Waals surface area contributed by atoms with Crippen LogP contribution >= 0.6 is 0 Å². The zero-order valence-electron chi connectivity index (χ0n) is 11.6. The lowest BCUT2D eigenvalue weighted by molar-refractivity contribution is -0.137. The Morgan fingerprint density at radius 3 is 2.11 bits per heavy atom. The molecule has 5 heteroatoms. The molecule has 0 spiro atoms. The van der Waals surface area contributed by atoms with Gasteiger partial charge in [0.1, 0.15) is 12.2 Å². The van der Waals surface area contributed by atoms with Crippen LogP contribution in [0.1, 0.15) is 70.0 Å². The molecule has 0 saturated heterocycles. The highest BCUT2D eigenvalue weighted by atomic mass is 16.4. The van der Waals surface area contributed by atoms with Crippen LogP contribution in [0.15, 0.2) is 6.33 Å². The summed E-state index contributed by atoms with van der Waals surface area (Å²) < 4.78 is 0. The van der Waals surface area contributed by atoms with Gasteiger partial charge in [-0.2, -0.15) is 5.10 Å². The van der Waals surface area contributed by atoms with Gasteiger partial charge in [0.25, 0.3) is 0 Å². The molecule has 0 aromatic carbocycles. The second-order valence-corrected chi connectivity index (χ2v) is 5.01. The molecule has 0 aliphatic rings. The predicted octanol–water partition coefficient (Wildman–Crippen LogP) is 3.33. The predicted molar refractivity (Wildman–Crippen MR) is 73.9 cm³/mol. The molecule has 0 bridgehead atoms. The summed E-state index contributed by atoms with van der Waals surface area (Å²) in [5.41, 5.74) is 0. The maximum atomic E-state index is 10.3. The number of aliphatic carboxylic acids is 1. The van der Waals surface area contributed by atoms with E-state index in [-0.39, 0.29) is 0 Å². The smallest absolute Gasteiger partial charge is 0.303 e. The molecule has 1 rings (SSSR count). The molecule has 1 aromatic rings. The Kier molecular flexibility index (Phi) is 8.68. The number of unbranched alkanes of at least 4 members (excludes halogenated alkanes) is 8. The van der Waals surface area contributed by atoms with Crippen molar-refractivity contribution >= 4 is 5.97 Å². The Morgan fingerprint density at radius 1 is 1.00 bits per heavy atom. The van der Waals surface area contributed by atoms with Gasteiger partial charge in [0.15, 0.2) is 0 Å². The summed E-state index contributed by atoms with van der Waals surface area (Å²) in [6.45, 7) is 0. The van der Waals surface area contributed by atoms with Gasteiger partial charge in [-0.1, -0.05) is 44.9 Å². The molecule has 2 N–H and O–H groups in total. The average Bonchev–Trinajstić information content (AvgIpc) is 2.88. The van der Waals surface area contributed by atoms with Crippen molar-refractivity contribution in [3.8, 4) is 0 Å². The molecule has 108 valence electrons. The lowest BCUT2D eigenvalue weighted by atomic mass is 10.1. The number of aryl methyl sites for hydroxylation is 1. The van der Waals surface area contributed by atoms with Crippen LogP contribution in [0.2, 0.25) is 0 Å². The van der Waals surface area contributed by atoms with E-state index in [4.69, 9.17) is 5.11 Å². The summed E-state index contributed by atoms with van der Waals surface area (Å²) in [4.78, 5) is 14.4. The quantitative estimate of drug-likeness (QED) is 0.569. The first-order valence-corrected chi connectivity index (χ1v) is 7.35. The second-order valence-electron chi connectivity index (χ2n) is 5.01. The lowest BCUT2D eigenvalue weighted by Gasteiger charge is -2.01. The van der Waals surface area contributed by atoms with E-state index >= 15 is 0 Å². The molecule has 0 saturated carbocycles. The zero-order chi connectivity index (χ0) is 13.8. The number of nitrogens with one attached hydrogen (secondary N) is 1. The summed E-state index contributed by atoms with van der Waals surface area (Å²) in [7, 11) is 0. The monoisotopic (exact) mass is 267 g/mol. The van der Waals surface area contributed by atoms with Crippen molar-refractivity contribution < 1.29 is 9.90 Å². The van der Waals surface area contributed by atoms with Crippen molar-refractivity contribution in [3.63, 3.8) is 0 Å². The minimum Gasteiger partial charge on any atom is -0.481 e. The number of rotatable bonds is 12. The van der Waals surface area contributed by atoms with Gasteiger partial charge < -0.3 is 5.11 Å². The van der Waals surface area contributed by atoms with E-state index < -0.39 is 5.97 Å². The Bertz CT molecular complexity index is 325. The number of aromatic nitrogens is 3. The van der Waals surface area contributed by atoms with Gasteiger partial charge in [0.2, 0.25) is 0 Å². The fraction of sp³-hybridized carbons (Fsp3) is 0.786. The van der Waals surface area contributed by atoms with E-state index in [1.54, 1.807) is 6.33 Å². The maximum absolute atomic E-state index is 10.3. The number of carbonyl (C=O) groups is 1. The van der Waals surface area contributed by atoms with Gasteiger partial charge in [-0.15, -0.1) is 0 Å².